The van der Waals surface area contributed by atoms with Gasteiger partial charge in [-0.15, -0.1) is 0 Å². The van der Waals surface area contributed by atoms with Gasteiger partial charge in [0.2, 0.25) is 0 Å². The number of hydrogen-bond acceptors (Lipinski definition) is 31. The Hall–Kier alpha value is -3.60. The van der Waals surface area contributed by atoms with Gasteiger partial charge in [-0.3, -0.25) is 24.0 Å². The van der Waals surface area contributed by atoms with Crippen LogP contribution in [0.25, 0.3) is 0 Å². The average Bonchev–Trinajstić information content (AvgIpc) is 0.868. The van der Waals surface area contributed by atoms with Crippen molar-refractivity contribution in [3.05, 3.63) is 29.8 Å². The Labute approximate surface area is 671 Å². The van der Waals surface area contributed by atoms with Crippen LogP contribution in [0.15, 0.2) is 29.2 Å². The minimum absolute atomic E-state index is 0.0248. The number of esters is 4. The van der Waals surface area contributed by atoms with E-state index in [2.05, 4.69) is 47.2 Å². The second-order valence-corrected chi connectivity index (χ2v) is 24.6. The topological polar surface area (TPSA) is 380 Å². The molecule has 4 N–H and O–H groups in total. The van der Waals surface area contributed by atoms with Gasteiger partial charge in [0.15, 0.2) is 16.1 Å². The van der Waals surface area contributed by atoms with Crippen molar-refractivity contribution in [2.75, 3.05) is 270 Å². The van der Waals surface area contributed by atoms with Crippen LogP contribution in [0, 0.1) is 6.92 Å². The van der Waals surface area contributed by atoms with Crippen LogP contribution < -0.4 is 5.73 Å². The zero-order valence-corrected chi connectivity index (χ0v) is 72.0. The highest BCUT2D eigenvalue weighted by molar-refractivity contribution is 9.09. The average molecular weight is 1690 g/mol. The third-order valence-electron chi connectivity index (χ3n) is 12.4. The van der Waals surface area contributed by atoms with Gasteiger partial charge >= 0.3 is 23.9 Å². The number of carbonyl (C=O) groups is 5. The molecule has 33 heteroatoms. The molecule has 1 atom stereocenters. The maximum atomic E-state index is 11.4. The van der Waals surface area contributed by atoms with E-state index in [0.717, 1.165) is 70.5 Å². The van der Waals surface area contributed by atoms with Gasteiger partial charge < -0.3 is 115 Å². The standard InChI is InChI=1S/C15H30O5.2C12H24O5.C11H22O6.C11H22O5.C8H10O2S.C5H9BrO2.C2H6.CH5N/c1-3-5-8-18-11-13-20-14-12-19-10-7-15(16)6-9-17-4-2;2*1-3-6-14-8-10-16-11-9-15-7-5-12(13)17-4-2;1-2-17-11(13)3-5-14-7-9-16-10-8-15-6-4-12;12-4-6-13-7-8-14-9-10-16-11-3-1-2-5-15-11;1-7-3-5-8(6-4-7)11(2,9)10;1-2-8-5(7)3-4-6;2*1-2/h3-14H2,1-2H3;2*3-11H2,1-2H3;12H,2-10H2,1H3;11-12H,1-10H2;3-6H,1-2H3;2-4H2,1H3;1-2H3;2H2,1H3/i;;;;;;;1D;. The summed E-state index contributed by atoms with van der Waals surface area (Å²) in [7, 11) is -1.52. The van der Waals surface area contributed by atoms with Crippen molar-refractivity contribution >= 4 is 55.4 Å². The van der Waals surface area contributed by atoms with Gasteiger partial charge in [0.05, 0.1) is 249 Å². The number of carbonyl (C=O) groups excluding carboxylic acids is 5. The molecule has 1 aromatic carbocycles. The van der Waals surface area contributed by atoms with E-state index in [1.54, 1.807) is 58.9 Å². The molecule has 1 aliphatic rings. The van der Waals surface area contributed by atoms with Gasteiger partial charge in [0, 0.05) is 58.8 Å². The minimum atomic E-state index is -3.02. The van der Waals surface area contributed by atoms with Gasteiger partial charge in [-0.2, -0.15) is 0 Å². The van der Waals surface area contributed by atoms with Gasteiger partial charge in [-0.05, 0) is 99.2 Å². The van der Waals surface area contributed by atoms with Crippen LogP contribution in [0.3, 0.4) is 0 Å². The Morgan fingerprint density at radius 1 is 0.427 bits per heavy atom. The van der Waals surface area contributed by atoms with Crippen LogP contribution in [0.5, 0.6) is 0 Å². The molecule has 0 radical (unpaired) electrons. The number of aliphatic hydroxyl groups excluding tert-OH is 2. The number of unbranched alkanes of at least 4 members (excludes halogenated alkanes) is 1. The first-order valence-electron chi connectivity index (χ1n) is 39.5. The Morgan fingerprint density at radius 3 is 1.02 bits per heavy atom. The largest absolute Gasteiger partial charge is 0.466 e. The lowest BCUT2D eigenvalue weighted by atomic mass is 10.2. The molecule has 0 bridgehead atoms. The molecule has 1 fully saturated rings. The Kier molecular flexibility index (Phi) is 115. The number of aryl methyl sites for hydroxylation is 1. The Bertz CT molecular complexity index is 2000. The number of alkyl halides is 1. The van der Waals surface area contributed by atoms with E-state index in [1.165, 1.54) is 19.7 Å². The monoisotopic (exact) mass is 1680 g/mol. The molecular weight excluding hydrogens is 1530 g/mol. The van der Waals surface area contributed by atoms with Crippen LogP contribution >= 0.6 is 15.9 Å². The first-order valence-corrected chi connectivity index (χ1v) is 41.9. The molecule has 0 amide bonds. The van der Waals surface area contributed by atoms with Crippen molar-refractivity contribution in [3.8, 4) is 0 Å². The third kappa shape index (κ3) is 113. The fraction of sp³-hybridized carbons (Fsp3) is 0.857. The number of benzene rings is 1. The van der Waals surface area contributed by atoms with Crippen molar-refractivity contribution in [2.45, 2.75) is 171 Å². The van der Waals surface area contributed by atoms with Crippen molar-refractivity contribution in [2.24, 2.45) is 5.73 Å². The normalized spacial score (nSPS) is 11.9. The summed E-state index contributed by atoms with van der Waals surface area (Å²) in [5.74, 6) is -0.637. The SMILES string of the molecule is CCCCOCCOCCOCCC(=O)CCOCC.CCCOCCOCCOCCC(=O)OCC.CCCOCCOCCOCCC(=O)OCC.CCOC(=O)CCBr.CCOC(=O)CCOCCOCCOCCO.CN.Cc1ccc(S(C)(=O)=O)cc1.OCCOCCOCCOC1CCCCO1.[2H]CC. The van der Waals surface area contributed by atoms with Crippen LogP contribution in [-0.2, 0) is 133 Å². The summed E-state index contributed by atoms with van der Waals surface area (Å²) in [5.41, 5.74) is 5.57. The first-order chi connectivity index (χ1) is 53.9. The van der Waals surface area contributed by atoms with Gasteiger partial charge in [-0.25, -0.2) is 8.42 Å². The van der Waals surface area contributed by atoms with E-state index in [0.29, 0.717) is 261 Å². The molecule has 0 spiro atoms. The van der Waals surface area contributed by atoms with E-state index in [9.17, 15) is 32.4 Å². The highest BCUT2D eigenvalue weighted by Crippen LogP contribution is 2.13. The molecule has 0 aliphatic carbocycles. The van der Waals surface area contributed by atoms with Gasteiger partial charge in [0.25, 0.3) is 0 Å². The summed E-state index contributed by atoms with van der Waals surface area (Å²) in [4.78, 5) is 54.9. The second kappa shape index (κ2) is 107. The maximum Gasteiger partial charge on any atom is 0.308 e. The predicted molar refractivity (Wildman–Crippen MR) is 426 cm³/mol. The molecule has 1 unspecified atom stereocenters. The maximum absolute atomic E-state index is 11.4. The lowest BCUT2D eigenvalue weighted by Crippen LogP contribution is -2.24. The lowest BCUT2D eigenvalue weighted by molar-refractivity contribution is -0.169. The number of rotatable bonds is 65. The highest BCUT2D eigenvalue weighted by atomic mass is 79.9. The number of hydrogen-bond donors (Lipinski definition) is 3. The quantitative estimate of drug-likeness (QED) is 0.0237. The molecule has 1 saturated heterocycles. The molecule has 0 saturated carbocycles. The van der Waals surface area contributed by atoms with Gasteiger partial charge in [0.1, 0.15) is 5.78 Å². The number of Topliss-reactive ketones (excluding diaryl/α,β-unsaturated/α-hetero) is 1. The molecule has 110 heavy (non-hydrogen) atoms. The van der Waals surface area contributed by atoms with E-state index in [4.69, 9.17) is 106 Å². The number of nitrogens with two attached hydrogens (primary N) is 1. The lowest BCUT2D eigenvalue weighted by Gasteiger charge is -2.22. The van der Waals surface area contributed by atoms with Crippen LogP contribution in [-0.4, -0.2) is 324 Å². The van der Waals surface area contributed by atoms with Crippen molar-refractivity contribution in [3.63, 3.8) is 0 Å². The summed E-state index contributed by atoms with van der Waals surface area (Å²) in [6, 6.07) is 6.81. The highest BCUT2D eigenvalue weighted by Gasteiger charge is 2.14. The van der Waals surface area contributed by atoms with Crippen LogP contribution in [0.1, 0.15) is 160 Å². The molecule has 31 nitrogen and oxygen atoms in total. The van der Waals surface area contributed by atoms with E-state index in [-0.39, 0.29) is 55.6 Å². The fourth-order valence-electron chi connectivity index (χ4n) is 7.14. The first kappa shape index (κ1) is 117. The molecule has 658 valence electrons. The molecule has 0 aromatic heterocycles. The summed E-state index contributed by atoms with van der Waals surface area (Å²) >= 11 is 3.12. The zero-order valence-electron chi connectivity index (χ0n) is 70.6. The van der Waals surface area contributed by atoms with E-state index in [1.807, 2.05) is 13.8 Å². The Balaban J connectivity index is -0.000000227. The third-order valence-corrected chi connectivity index (χ3v) is 13.9. The minimum Gasteiger partial charge on any atom is -0.466 e. The summed E-state index contributed by atoms with van der Waals surface area (Å²) < 4.78 is 136. The van der Waals surface area contributed by atoms with Crippen molar-refractivity contribution in [1.29, 1.82) is 0 Å². The number of sulfone groups is 1. The van der Waals surface area contributed by atoms with E-state index >= 15 is 0 Å². The van der Waals surface area contributed by atoms with Crippen molar-refractivity contribution in [1.82, 2.24) is 0 Å². The van der Waals surface area contributed by atoms with Crippen LogP contribution in [0.2, 0.25) is 0 Å². The molecular formula is C77H152BrNO30S. The summed E-state index contributed by atoms with van der Waals surface area (Å²) in [5, 5.41) is 17.6. The summed E-state index contributed by atoms with van der Waals surface area (Å²) in [6.45, 7) is 38.7. The molecule has 1 aliphatic heterocycles. The van der Waals surface area contributed by atoms with E-state index < -0.39 is 9.84 Å². The Morgan fingerprint density at radius 2 is 0.727 bits per heavy atom. The molecule has 2 rings (SSSR count). The number of ether oxygens (including phenoxy) is 21. The zero-order chi connectivity index (χ0) is 84.3. The predicted octanol–water partition coefficient (Wildman–Crippen LogP) is 8.89. The molecule has 1 aromatic rings. The summed E-state index contributed by atoms with van der Waals surface area (Å²) in [6.07, 6.45) is 11.0. The number of halogens is 1. The van der Waals surface area contributed by atoms with Crippen molar-refractivity contribution < 1.29 is 143 Å². The molecule has 1 heterocycles. The number of aliphatic hydroxyl groups is 2. The van der Waals surface area contributed by atoms with Gasteiger partial charge in [-0.1, -0.05) is 74.6 Å². The fourth-order valence-corrected chi connectivity index (χ4v) is 8.09. The smallest absolute Gasteiger partial charge is 0.308 e. The second-order valence-electron chi connectivity index (χ2n) is 21.8. The number of ketones is 1. The van der Waals surface area contributed by atoms with Crippen LogP contribution in [0.4, 0.5) is 0 Å².